The average molecular weight is 437 g/mol. The molecular formula is C23H26Cl2O4. The third-order valence-electron chi connectivity index (χ3n) is 4.43. The van der Waals surface area contributed by atoms with Crippen LogP contribution in [-0.4, -0.2) is 18.5 Å². The van der Waals surface area contributed by atoms with Gasteiger partial charge in [-0.1, -0.05) is 80.8 Å². The number of hydrogen-bond acceptors (Lipinski definition) is 4. The lowest BCUT2D eigenvalue weighted by Gasteiger charge is -2.09. The number of halogens is 2. The number of carbonyl (C=O) groups excluding carboxylic acids is 2. The van der Waals surface area contributed by atoms with Gasteiger partial charge in [-0.2, -0.15) is 0 Å². The summed E-state index contributed by atoms with van der Waals surface area (Å²) in [7, 11) is 0. The van der Waals surface area contributed by atoms with Crippen molar-refractivity contribution < 1.29 is 19.1 Å². The Morgan fingerprint density at radius 2 is 1.34 bits per heavy atom. The van der Waals surface area contributed by atoms with E-state index in [1.165, 1.54) is 31.7 Å². The van der Waals surface area contributed by atoms with E-state index in [-0.39, 0.29) is 21.4 Å². The molecule has 0 saturated heterocycles. The Bertz CT molecular complexity index is 800. The fourth-order valence-electron chi connectivity index (χ4n) is 2.81. The van der Waals surface area contributed by atoms with E-state index in [1.54, 1.807) is 36.4 Å². The van der Waals surface area contributed by atoms with Gasteiger partial charge in [0.25, 0.3) is 0 Å². The highest BCUT2D eigenvalue weighted by atomic mass is 35.5. The maximum absolute atomic E-state index is 12.4. The van der Waals surface area contributed by atoms with Gasteiger partial charge in [-0.15, -0.1) is 0 Å². The van der Waals surface area contributed by atoms with Gasteiger partial charge in [0.05, 0.1) is 27.8 Å². The van der Waals surface area contributed by atoms with Crippen LogP contribution >= 0.6 is 23.2 Å². The maximum Gasteiger partial charge on any atom is 0.343 e. The SMILES string of the molecule is CCCCCCCCCOC(=O)c1cccc(C(=O)Oc2c(Cl)cccc2Cl)c1. The molecule has 0 heterocycles. The maximum atomic E-state index is 12.4. The van der Waals surface area contributed by atoms with E-state index in [0.717, 1.165) is 19.3 Å². The number of carbonyl (C=O) groups is 2. The summed E-state index contributed by atoms with van der Waals surface area (Å²) in [6.45, 7) is 2.57. The van der Waals surface area contributed by atoms with Crippen LogP contribution in [0.2, 0.25) is 10.0 Å². The van der Waals surface area contributed by atoms with Crippen LogP contribution in [0.15, 0.2) is 42.5 Å². The first-order valence-electron chi connectivity index (χ1n) is 9.96. The molecule has 0 aromatic heterocycles. The summed E-state index contributed by atoms with van der Waals surface area (Å²) >= 11 is 12.1. The second-order valence-electron chi connectivity index (χ2n) is 6.78. The molecule has 0 amide bonds. The Morgan fingerprint density at radius 1 is 0.793 bits per heavy atom. The van der Waals surface area contributed by atoms with Crippen molar-refractivity contribution in [2.75, 3.05) is 6.61 Å². The van der Waals surface area contributed by atoms with Gasteiger partial charge < -0.3 is 9.47 Å². The Labute approximate surface area is 182 Å². The molecule has 0 fully saturated rings. The molecule has 156 valence electrons. The second-order valence-corrected chi connectivity index (χ2v) is 7.59. The zero-order valence-corrected chi connectivity index (χ0v) is 18.1. The quantitative estimate of drug-likeness (QED) is 0.213. The smallest absolute Gasteiger partial charge is 0.343 e. The lowest BCUT2D eigenvalue weighted by Crippen LogP contribution is -2.12. The van der Waals surface area contributed by atoms with Gasteiger partial charge in [-0.05, 0) is 36.8 Å². The van der Waals surface area contributed by atoms with Gasteiger partial charge in [0.2, 0.25) is 0 Å². The van der Waals surface area contributed by atoms with E-state index < -0.39 is 11.9 Å². The summed E-state index contributed by atoms with van der Waals surface area (Å²) in [6, 6.07) is 11.0. The number of benzene rings is 2. The highest BCUT2D eigenvalue weighted by molar-refractivity contribution is 6.37. The largest absolute Gasteiger partial charge is 0.462 e. The Morgan fingerprint density at radius 3 is 2.00 bits per heavy atom. The van der Waals surface area contributed by atoms with E-state index in [4.69, 9.17) is 32.7 Å². The fraction of sp³-hybridized carbons (Fsp3) is 0.391. The lowest BCUT2D eigenvalue weighted by molar-refractivity contribution is 0.0497. The van der Waals surface area contributed by atoms with Crippen LogP contribution in [0, 0.1) is 0 Å². The predicted octanol–water partition coefficient (Wildman–Crippen LogP) is 7.12. The molecule has 0 aliphatic rings. The monoisotopic (exact) mass is 436 g/mol. The molecule has 0 saturated carbocycles. The number of rotatable bonds is 11. The van der Waals surface area contributed by atoms with Crippen LogP contribution in [0.1, 0.15) is 72.6 Å². The molecule has 2 rings (SSSR count). The van der Waals surface area contributed by atoms with Gasteiger partial charge in [0.15, 0.2) is 5.75 Å². The third-order valence-corrected chi connectivity index (χ3v) is 5.02. The number of para-hydroxylation sites is 1. The molecule has 0 unspecified atom stereocenters. The fourth-order valence-corrected chi connectivity index (χ4v) is 3.29. The number of esters is 2. The van der Waals surface area contributed by atoms with Crippen molar-refractivity contribution in [3.8, 4) is 5.75 Å². The molecule has 0 spiro atoms. The molecule has 0 bridgehead atoms. The minimum Gasteiger partial charge on any atom is -0.462 e. The van der Waals surface area contributed by atoms with Gasteiger partial charge in [-0.3, -0.25) is 0 Å². The highest BCUT2D eigenvalue weighted by Crippen LogP contribution is 2.33. The predicted molar refractivity (Wildman–Crippen MR) is 116 cm³/mol. The standard InChI is InChI=1S/C23H26Cl2O4/c1-2-3-4-5-6-7-8-15-28-22(26)17-11-9-12-18(16-17)23(27)29-21-19(24)13-10-14-20(21)25/h9-14,16H,2-8,15H2,1H3. The van der Waals surface area contributed by atoms with E-state index in [1.807, 2.05) is 0 Å². The summed E-state index contributed by atoms with van der Waals surface area (Å²) in [5.74, 6) is -1.02. The highest BCUT2D eigenvalue weighted by Gasteiger charge is 2.16. The minimum atomic E-state index is -0.651. The van der Waals surface area contributed by atoms with E-state index in [2.05, 4.69) is 6.92 Å². The van der Waals surface area contributed by atoms with Crippen molar-refractivity contribution in [1.82, 2.24) is 0 Å². The summed E-state index contributed by atoms with van der Waals surface area (Å²) < 4.78 is 10.6. The lowest BCUT2D eigenvalue weighted by atomic mass is 10.1. The molecule has 2 aromatic rings. The topological polar surface area (TPSA) is 52.6 Å². The Hall–Kier alpha value is -2.04. The van der Waals surface area contributed by atoms with Crippen molar-refractivity contribution >= 4 is 35.1 Å². The zero-order valence-electron chi connectivity index (χ0n) is 16.6. The van der Waals surface area contributed by atoms with Crippen LogP contribution in [0.25, 0.3) is 0 Å². The summed E-state index contributed by atoms with van der Waals surface area (Å²) in [4.78, 5) is 24.7. The van der Waals surface area contributed by atoms with Gasteiger partial charge in [0.1, 0.15) is 0 Å². The van der Waals surface area contributed by atoms with Crippen LogP contribution in [-0.2, 0) is 4.74 Å². The molecule has 0 aliphatic heterocycles. The number of hydrogen-bond donors (Lipinski definition) is 0. The molecule has 0 atom stereocenters. The number of unbranched alkanes of at least 4 members (excludes halogenated alkanes) is 6. The molecule has 4 nitrogen and oxygen atoms in total. The van der Waals surface area contributed by atoms with E-state index in [0.29, 0.717) is 12.2 Å². The van der Waals surface area contributed by atoms with Crippen LogP contribution in [0.4, 0.5) is 0 Å². The average Bonchev–Trinajstić information content (AvgIpc) is 2.72. The van der Waals surface area contributed by atoms with Crippen molar-refractivity contribution in [3.05, 3.63) is 63.6 Å². The van der Waals surface area contributed by atoms with Crippen LogP contribution in [0.5, 0.6) is 5.75 Å². The van der Waals surface area contributed by atoms with Crippen molar-refractivity contribution in [2.45, 2.75) is 51.9 Å². The normalized spacial score (nSPS) is 10.6. The molecule has 29 heavy (non-hydrogen) atoms. The van der Waals surface area contributed by atoms with Crippen molar-refractivity contribution in [1.29, 1.82) is 0 Å². The van der Waals surface area contributed by atoms with Crippen molar-refractivity contribution in [3.63, 3.8) is 0 Å². The zero-order chi connectivity index (χ0) is 21.1. The second kappa shape index (κ2) is 12.5. The molecule has 0 aliphatic carbocycles. The summed E-state index contributed by atoms with van der Waals surface area (Å²) in [6.07, 6.45) is 8.03. The third kappa shape index (κ3) is 7.71. The first-order chi connectivity index (χ1) is 14.0. The Balaban J connectivity index is 1.85. The summed E-state index contributed by atoms with van der Waals surface area (Å²) in [5, 5.41) is 0.465. The number of ether oxygens (including phenoxy) is 2. The van der Waals surface area contributed by atoms with Crippen LogP contribution < -0.4 is 4.74 Å². The minimum absolute atomic E-state index is 0.0905. The molecule has 0 radical (unpaired) electrons. The molecule has 2 aromatic carbocycles. The first kappa shape index (κ1) is 23.2. The molecular weight excluding hydrogens is 411 g/mol. The molecule has 6 heteroatoms. The van der Waals surface area contributed by atoms with E-state index >= 15 is 0 Å². The van der Waals surface area contributed by atoms with Gasteiger partial charge in [0, 0.05) is 0 Å². The van der Waals surface area contributed by atoms with Gasteiger partial charge >= 0.3 is 11.9 Å². The van der Waals surface area contributed by atoms with Crippen LogP contribution in [0.3, 0.4) is 0 Å². The molecule has 0 N–H and O–H groups in total. The van der Waals surface area contributed by atoms with E-state index in [9.17, 15) is 9.59 Å². The first-order valence-corrected chi connectivity index (χ1v) is 10.7. The Kier molecular flexibility index (Phi) is 10.0. The summed E-state index contributed by atoms with van der Waals surface area (Å²) in [5.41, 5.74) is 0.513. The van der Waals surface area contributed by atoms with Gasteiger partial charge in [-0.25, -0.2) is 9.59 Å². The van der Waals surface area contributed by atoms with Crippen molar-refractivity contribution in [2.24, 2.45) is 0 Å².